The number of fused-ring (bicyclic) bond motifs is 2. The van der Waals surface area contributed by atoms with Crippen molar-refractivity contribution in [3.63, 3.8) is 0 Å². The Morgan fingerprint density at radius 1 is 0.788 bits per heavy atom. The maximum atomic E-state index is 14.4. The third-order valence-electron chi connectivity index (χ3n) is 5.73. The minimum atomic E-state index is -5.10. The van der Waals surface area contributed by atoms with Crippen LogP contribution in [0.4, 0.5) is 22.0 Å². The van der Waals surface area contributed by atoms with Gasteiger partial charge < -0.3 is 5.11 Å². The van der Waals surface area contributed by atoms with E-state index in [1.165, 1.54) is 71.5 Å². The van der Waals surface area contributed by atoms with E-state index >= 15 is 0 Å². The maximum Gasteiger partial charge on any atom is 0.425 e. The van der Waals surface area contributed by atoms with Gasteiger partial charge in [-0.3, -0.25) is 0 Å². The smallest absolute Gasteiger partial charge is 0.372 e. The molecular formula is C25H15F5N2O. The predicted octanol–water partition coefficient (Wildman–Crippen LogP) is 6.26. The number of aliphatic hydroxyl groups is 1. The van der Waals surface area contributed by atoms with Gasteiger partial charge in [-0.25, -0.2) is 13.5 Å². The molecule has 166 valence electrons. The van der Waals surface area contributed by atoms with Crippen LogP contribution in [-0.2, 0) is 5.60 Å². The standard InChI is InChI=1S/C25H15F5N2O/c26-17-6-8-18(9-7-17)32-23-12-5-16(13-15(23)14-31-32)24(33,25(28,29)30)21-10-11-22(27)20-4-2-1-3-19(20)21/h1-14,33H. The predicted molar refractivity (Wildman–Crippen MR) is 114 cm³/mol. The quantitative estimate of drug-likeness (QED) is 0.327. The van der Waals surface area contributed by atoms with E-state index in [9.17, 15) is 27.1 Å². The summed E-state index contributed by atoms with van der Waals surface area (Å²) in [5.74, 6) is -1.12. The van der Waals surface area contributed by atoms with Crippen molar-refractivity contribution in [2.45, 2.75) is 11.8 Å². The monoisotopic (exact) mass is 454 g/mol. The lowest BCUT2D eigenvalue weighted by Gasteiger charge is -2.32. The molecule has 5 rings (SSSR count). The summed E-state index contributed by atoms with van der Waals surface area (Å²) in [5, 5.41) is 15.6. The molecule has 1 N–H and O–H groups in total. The highest BCUT2D eigenvalue weighted by Crippen LogP contribution is 2.47. The Labute approximate surface area is 184 Å². The van der Waals surface area contributed by atoms with Crippen molar-refractivity contribution in [3.05, 3.63) is 108 Å². The van der Waals surface area contributed by atoms with Gasteiger partial charge in [-0.05, 0) is 53.4 Å². The highest BCUT2D eigenvalue weighted by molar-refractivity contribution is 5.88. The van der Waals surface area contributed by atoms with Gasteiger partial charge in [0.2, 0.25) is 5.60 Å². The highest BCUT2D eigenvalue weighted by Gasteiger charge is 2.57. The highest BCUT2D eigenvalue weighted by atomic mass is 19.4. The molecule has 3 nitrogen and oxygen atoms in total. The van der Waals surface area contributed by atoms with E-state index < -0.39 is 34.5 Å². The Hall–Kier alpha value is -3.78. The molecule has 4 aromatic carbocycles. The van der Waals surface area contributed by atoms with E-state index in [1.54, 1.807) is 0 Å². The van der Waals surface area contributed by atoms with Crippen molar-refractivity contribution in [3.8, 4) is 5.69 Å². The van der Waals surface area contributed by atoms with Crippen LogP contribution in [-0.4, -0.2) is 21.1 Å². The van der Waals surface area contributed by atoms with Gasteiger partial charge in [-0.15, -0.1) is 0 Å². The van der Waals surface area contributed by atoms with Crippen molar-refractivity contribution in [1.82, 2.24) is 9.78 Å². The second-order valence-corrected chi connectivity index (χ2v) is 7.66. The molecule has 0 saturated carbocycles. The fourth-order valence-electron chi connectivity index (χ4n) is 4.10. The Morgan fingerprint density at radius 2 is 1.48 bits per heavy atom. The summed E-state index contributed by atoms with van der Waals surface area (Å²) in [4.78, 5) is 0. The van der Waals surface area contributed by atoms with Gasteiger partial charge >= 0.3 is 6.18 Å². The zero-order valence-electron chi connectivity index (χ0n) is 16.8. The molecule has 0 aliphatic carbocycles. The van der Waals surface area contributed by atoms with Gasteiger partial charge in [-0.1, -0.05) is 36.4 Å². The van der Waals surface area contributed by atoms with Gasteiger partial charge in [0.15, 0.2) is 0 Å². The second-order valence-electron chi connectivity index (χ2n) is 7.66. The zero-order chi connectivity index (χ0) is 23.4. The topological polar surface area (TPSA) is 38.1 Å². The molecule has 0 spiro atoms. The van der Waals surface area contributed by atoms with E-state index in [4.69, 9.17) is 0 Å². The molecule has 0 saturated heterocycles. The molecule has 0 aliphatic rings. The maximum absolute atomic E-state index is 14.4. The average molecular weight is 454 g/mol. The molecule has 33 heavy (non-hydrogen) atoms. The zero-order valence-corrected chi connectivity index (χ0v) is 16.8. The Bertz CT molecular complexity index is 1490. The SMILES string of the molecule is OC(c1ccc2c(cnn2-c2ccc(F)cc2)c1)(c1ccc(F)c2ccccc12)C(F)(F)F. The Balaban J connectivity index is 1.72. The molecule has 1 heterocycles. The van der Waals surface area contributed by atoms with Crippen molar-refractivity contribution >= 4 is 21.7 Å². The third-order valence-corrected chi connectivity index (χ3v) is 5.73. The fourth-order valence-corrected chi connectivity index (χ4v) is 4.10. The Morgan fingerprint density at radius 3 is 2.18 bits per heavy atom. The van der Waals surface area contributed by atoms with Gasteiger partial charge in [0.05, 0.1) is 17.4 Å². The molecule has 0 amide bonds. The fraction of sp³-hybridized carbons (Fsp3) is 0.0800. The van der Waals surface area contributed by atoms with E-state index in [1.807, 2.05) is 0 Å². The van der Waals surface area contributed by atoms with Crippen LogP contribution in [0.2, 0.25) is 0 Å². The molecular weight excluding hydrogens is 439 g/mol. The molecule has 5 aromatic rings. The normalized spacial score (nSPS) is 14.0. The molecule has 0 fully saturated rings. The van der Waals surface area contributed by atoms with Gasteiger partial charge in [0, 0.05) is 16.3 Å². The lowest BCUT2D eigenvalue weighted by Crippen LogP contribution is -2.43. The van der Waals surface area contributed by atoms with Crippen LogP contribution in [0.5, 0.6) is 0 Å². The van der Waals surface area contributed by atoms with E-state index in [0.29, 0.717) is 16.6 Å². The first-order valence-corrected chi connectivity index (χ1v) is 9.91. The first-order valence-electron chi connectivity index (χ1n) is 9.91. The molecule has 0 bridgehead atoms. The van der Waals surface area contributed by atoms with Crippen molar-refractivity contribution in [2.75, 3.05) is 0 Å². The molecule has 0 aliphatic heterocycles. The van der Waals surface area contributed by atoms with E-state index in [-0.39, 0.29) is 10.8 Å². The van der Waals surface area contributed by atoms with Crippen molar-refractivity contribution in [2.24, 2.45) is 0 Å². The molecule has 0 radical (unpaired) electrons. The Kier molecular flexibility index (Phi) is 4.72. The summed E-state index contributed by atoms with van der Waals surface area (Å²) >= 11 is 0. The van der Waals surface area contributed by atoms with Gasteiger partial charge in [-0.2, -0.15) is 18.3 Å². The van der Waals surface area contributed by atoms with Crippen LogP contribution in [0.3, 0.4) is 0 Å². The van der Waals surface area contributed by atoms with Gasteiger partial charge in [0.1, 0.15) is 11.6 Å². The molecule has 1 unspecified atom stereocenters. The number of aromatic nitrogens is 2. The average Bonchev–Trinajstić information content (AvgIpc) is 3.22. The lowest BCUT2D eigenvalue weighted by atomic mass is 9.82. The minimum absolute atomic E-state index is 0.0251. The van der Waals surface area contributed by atoms with Gasteiger partial charge in [0.25, 0.3) is 0 Å². The van der Waals surface area contributed by atoms with Crippen molar-refractivity contribution in [1.29, 1.82) is 0 Å². The summed E-state index contributed by atoms with van der Waals surface area (Å²) in [6.07, 6.45) is -3.74. The number of nitrogens with zero attached hydrogens (tertiary/aromatic N) is 2. The van der Waals surface area contributed by atoms with Crippen LogP contribution >= 0.6 is 0 Å². The molecule has 1 aromatic heterocycles. The second kappa shape index (κ2) is 7.38. The third kappa shape index (κ3) is 3.25. The summed E-state index contributed by atoms with van der Waals surface area (Å²) in [7, 11) is 0. The van der Waals surface area contributed by atoms with Crippen LogP contribution in [0.1, 0.15) is 11.1 Å². The van der Waals surface area contributed by atoms with Crippen LogP contribution < -0.4 is 0 Å². The summed E-state index contributed by atoms with van der Waals surface area (Å²) in [5.41, 5.74) is -3.31. The lowest BCUT2D eigenvalue weighted by molar-refractivity contribution is -0.247. The molecule has 8 heteroatoms. The largest absolute Gasteiger partial charge is 0.425 e. The van der Waals surface area contributed by atoms with E-state index in [0.717, 1.165) is 18.2 Å². The summed E-state index contributed by atoms with van der Waals surface area (Å²) in [6.45, 7) is 0. The summed E-state index contributed by atoms with van der Waals surface area (Å²) < 4.78 is 72.2. The number of halogens is 5. The summed E-state index contributed by atoms with van der Waals surface area (Å²) in [6, 6.07) is 16.8. The van der Waals surface area contributed by atoms with Crippen LogP contribution in [0, 0.1) is 11.6 Å². The number of rotatable bonds is 3. The van der Waals surface area contributed by atoms with Crippen LogP contribution in [0.25, 0.3) is 27.4 Å². The molecule has 1 atom stereocenters. The number of hydrogen-bond acceptors (Lipinski definition) is 2. The van der Waals surface area contributed by atoms with Crippen molar-refractivity contribution < 1.29 is 27.1 Å². The number of benzene rings is 4. The van der Waals surface area contributed by atoms with Crippen LogP contribution in [0.15, 0.2) is 85.1 Å². The van der Waals surface area contributed by atoms with E-state index in [2.05, 4.69) is 5.10 Å². The number of hydrogen-bond donors (Lipinski definition) is 1. The number of alkyl halides is 3. The first-order chi connectivity index (χ1) is 15.7. The minimum Gasteiger partial charge on any atom is -0.372 e. The first kappa shape index (κ1) is 21.1.